The third-order valence-corrected chi connectivity index (χ3v) is 4.27. The number of unbranched alkanes of at least 4 members (excludes halogenated alkanes) is 4. The molecule has 0 unspecified atom stereocenters. The van der Waals surface area contributed by atoms with Gasteiger partial charge in [-0.25, -0.2) is 0 Å². The van der Waals surface area contributed by atoms with E-state index in [0.717, 1.165) is 17.1 Å². The van der Waals surface area contributed by atoms with Gasteiger partial charge in [0.15, 0.2) is 6.20 Å². The fourth-order valence-electron chi connectivity index (χ4n) is 2.65. The summed E-state index contributed by atoms with van der Waals surface area (Å²) in [4.78, 5) is 0. The fourth-order valence-corrected chi connectivity index (χ4v) is 2.82. The van der Waals surface area contributed by atoms with Crippen LogP contribution in [0.3, 0.4) is 0 Å². The molecular weight excluding hydrogens is 284 g/mol. The van der Waals surface area contributed by atoms with Crippen molar-refractivity contribution < 1.29 is 4.48 Å². The summed E-state index contributed by atoms with van der Waals surface area (Å²) in [6.45, 7) is 3.54. The molecule has 0 aromatic heterocycles. The lowest BCUT2D eigenvalue weighted by atomic mass is 10.1. The first-order valence-corrected chi connectivity index (χ1v) is 9.44. The zero-order valence-electron chi connectivity index (χ0n) is 14.5. The van der Waals surface area contributed by atoms with Crippen molar-refractivity contribution in [3.05, 3.63) is 42.5 Å². The molecule has 0 amide bonds. The number of nitrogens with zero attached hydrogens (tertiary/aromatic N) is 1. The highest BCUT2D eigenvalue weighted by atomic mass is 28.1. The topological polar surface area (TPSA) is 12.0 Å². The molecular formula is C19H33N2Si+2. The van der Waals surface area contributed by atoms with Crippen LogP contribution >= 0.6 is 0 Å². The van der Waals surface area contributed by atoms with Crippen molar-refractivity contribution in [3.63, 3.8) is 0 Å². The molecule has 3 radical (unpaired) electrons. The van der Waals surface area contributed by atoms with Gasteiger partial charge in [-0.1, -0.05) is 18.9 Å². The summed E-state index contributed by atoms with van der Waals surface area (Å²) in [7, 11) is 8.08. The largest absolute Gasteiger partial charge is 0.317 e. The fraction of sp³-hybridized carbons (Fsp3) is 0.632. The maximum absolute atomic E-state index is 3.50. The van der Waals surface area contributed by atoms with Gasteiger partial charge in [0.1, 0.15) is 5.57 Å². The Kier molecular flexibility index (Phi) is 10.3. The van der Waals surface area contributed by atoms with Crippen LogP contribution in [0.1, 0.15) is 38.5 Å². The van der Waals surface area contributed by atoms with Gasteiger partial charge in [0, 0.05) is 41.0 Å². The molecule has 0 saturated heterocycles. The summed E-state index contributed by atoms with van der Waals surface area (Å²) >= 11 is 0. The first-order chi connectivity index (χ1) is 10.6. The second kappa shape index (κ2) is 11.7. The molecule has 1 aliphatic carbocycles. The second-order valence-corrected chi connectivity index (χ2v) is 7.16. The predicted molar refractivity (Wildman–Crippen MR) is 98.8 cm³/mol. The summed E-state index contributed by atoms with van der Waals surface area (Å²) in [6.07, 6.45) is 20.9. The van der Waals surface area contributed by atoms with Gasteiger partial charge in [-0.3, -0.25) is 4.48 Å². The van der Waals surface area contributed by atoms with E-state index >= 15 is 0 Å². The van der Waals surface area contributed by atoms with Gasteiger partial charge >= 0.3 is 0 Å². The van der Waals surface area contributed by atoms with Crippen molar-refractivity contribution in [1.82, 2.24) is 5.32 Å². The highest BCUT2D eigenvalue weighted by Crippen LogP contribution is 2.14. The second-order valence-electron chi connectivity index (χ2n) is 6.66. The van der Waals surface area contributed by atoms with Crippen LogP contribution in [0.2, 0.25) is 6.04 Å². The Hall–Kier alpha value is -0.773. The lowest BCUT2D eigenvalue weighted by Crippen LogP contribution is -2.34. The highest BCUT2D eigenvalue weighted by molar-refractivity contribution is 6.08. The minimum atomic E-state index is 0.970. The quantitative estimate of drug-likeness (QED) is 0.250. The van der Waals surface area contributed by atoms with Crippen LogP contribution < -0.4 is 5.32 Å². The Morgan fingerprint density at radius 2 is 1.77 bits per heavy atom. The minimum Gasteiger partial charge on any atom is -0.317 e. The SMILES string of the molecule is C[N+](C)(C=C1C=CC=C[CH+]1)CCCCCCCNCCC[Si]. The van der Waals surface area contributed by atoms with Crippen LogP contribution in [0.15, 0.2) is 36.1 Å². The van der Waals surface area contributed by atoms with Crippen molar-refractivity contribution >= 4 is 10.2 Å². The van der Waals surface area contributed by atoms with Crippen LogP contribution in [0.5, 0.6) is 0 Å². The maximum Gasteiger partial charge on any atom is 0.177 e. The van der Waals surface area contributed by atoms with E-state index in [4.69, 9.17) is 0 Å². The number of hydrogen-bond acceptors (Lipinski definition) is 1. The standard InChI is InChI=1S/C19H33N2Si/c1-21(2,18-19-12-7-6-8-13-19)16-10-5-3-4-9-14-20-15-11-17-22/h6-8,12-13,18,20H,3-5,9-11,14-17H2,1-2H3/q+2. The lowest BCUT2D eigenvalue weighted by Gasteiger charge is -2.22. The molecule has 1 aliphatic rings. The van der Waals surface area contributed by atoms with Crippen LogP contribution in [0.25, 0.3) is 0 Å². The van der Waals surface area contributed by atoms with Gasteiger partial charge in [-0.05, 0) is 38.8 Å². The predicted octanol–water partition coefficient (Wildman–Crippen LogP) is 3.79. The third kappa shape index (κ3) is 10.0. The smallest absolute Gasteiger partial charge is 0.177 e. The van der Waals surface area contributed by atoms with Crippen LogP contribution in [-0.4, -0.2) is 48.5 Å². The van der Waals surface area contributed by atoms with E-state index in [-0.39, 0.29) is 0 Å². The summed E-state index contributed by atoms with van der Waals surface area (Å²) in [5.41, 5.74) is 1.32. The first-order valence-electron chi connectivity index (χ1n) is 8.73. The van der Waals surface area contributed by atoms with Crippen LogP contribution in [0.4, 0.5) is 0 Å². The van der Waals surface area contributed by atoms with E-state index in [0.29, 0.717) is 0 Å². The zero-order valence-corrected chi connectivity index (χ0v) is 15.5. The molecule has 0 aromatic carbocycles. The molecule has 0 heterocycles. The van der Waals surface area contributed by atoms with Crippen molar-refractivity contribution in [2.24, 2.45) is 0 Å². The van der Waals surface area contributed by atoms with Crippen LogP contribution in [-0.2, 0) is 0 Å². The van der Waals surface area contributed by atoms with E-state index in [9.17, 15) is 0 Å². The molecule has 0 fully saturated rings. The molecule has 0 saturated carbocycles. The van der Waals surface area contributed by atoms with Gasteiger partial charge in [-0.2, -0.15) is 0 Å². The van der Waals surface area contributed by atoms with E-state index < -0.39 is 0 Å². The maximum atomic E-state index is 3.50. The van der Waals surface area contributed by atoms with Gasteiger partial charge < -0.3 is 5.32 Å². The highest BCUT2D eigenvalue weighted by Gasteiger charge is 2.17. The van der Waals surface area contributed by atoms with Crippen molar-refractivity contribution in [1.29, 1.82) is 0 Å². The number of nitrogens with one attached hydrogen (secondary N) is 1. The Morgan fingerprint density at radius 1 is 1.05 bits per heavy atom. The number of rotatable bonds is 12. The Morgan fingerprint density at radius 3 is 2.50 bits per heavy atom. The molecule has 0 bridgehead atoms. The molecule has 0 aliphatic heterocycles. The molecule has 1 rings (SSSR count). The third-order valence-electron chi connectivity index (χ3n) is 3.92. The van der Waals surface area contributed by atoms with E-state index in [1.54, 1.807) is 0 Å². The van der Waals surface area contributed by atoms with Crippen molar-refractivity contribution in [2.75, 3.05) is 33.7 Å². The number of allylic oxidation sites excluding steroid dienone is 5. The summed E-state index contributed by atoms with van der Waals surface area (Å²) in [5.74, 6) is 0. The van der Waals surface area contributed by atoms with Gasteiger partial charge in [0.25, 0.3) is 0 Å². The Balaban J connectivity index is 2.01. The summed E-state index contributed by atoms with van der Waals surface area (Å²) in [5, 5.41) is 3.49. The van der Waals surface area contributed by atoms with E-state index in [1.807, 2.05) is 0 Å². The lowest BCUT2D eigenvalue weighted by molar-refractivity contribution is -0.839. The average Bonchev–Trinajstić information content (AvgIpc) is 2.49. The molecule has 3 heteroatoms. The van der Waals surface area contributed by atoms with Crippen LogP contribution in [0, 0.1) is 6.42 Å². The van der Waals surface area contributed by atoms with Gasteiger partial charge in [-0.15, -0.1) is 0 Å². The summed E-state index contributed by atoms with van der Waals surface area (Å²) < 4.78 is 0.970. The van der Waals surface area contributed by atoms with Crippen molar-refractivity contribution in [2.45, 2.75) is 44.6 Å². The Labute approximate surface area is 141 Å². The average molecular weight is 318 g/mol. The minimum absolute atomic E-state index is 0.970. The molecule has 22 heavy (non-hydrogen) atoms. The van der Waals surface area contributed by atoms with Crippen molar-refractivity contribution in [3.8, 4) is 0 Å². The molecule has 0 atom stereocenters. The van der Waals surface area contributed by atoms with E-state index in [2.05, 4.69) is 66.6 Å². The zero-order chi connectivity index (χ0) is 16.1. The summed E-state index contributed by atoms with van der Waals surface area (Å²) in [6, 6.07) is 1.10. The number of quaternary nitrogens is 1. The number of hydrogen-bond donors (Lipinski definition) is 1. The Bertz CT molecular complexity index is 370. The first kappa shape index (κ1) is 19.3. The van der Waals surface area contributed by atoms with E-state index in [1.165, 1.54) is 57.2 Å². The van der Waals surface area contributed by atoms with Gasteiger partial charge in [0.2, 0.25) is 0 Å². The molecule has 121 valence electrons. The monoisotopic (exact) mass is 317 g/mol. The molecule has 2 nitrogen and oxygen atoms in total. The normalized spacial score (nSPS) is 16.2. The molecule has 0 spiro atoms. The molecule has 0 aromatic rings. The van der Waals surface area contributed by atoms with Gasteiger partial charge in [0.05, 0.1) is 20.6 Å². The molecule has 1 N–H and O–H groups in total.